The predicted octanol–water partition coefficient (Wildman–Crippen LogP) is 2.12. The molecule has 17 heavy (non-hydrogen) atoms. The molecule has 92 valence electrons. The fourth-order valence-corrected chi connectivity index (χ4v) is 1.32. The summed E-state index contributed by atoms with van der Waals surface area (Å²) in [6.45, 7) is 0. The van der Waals surface area contributed by atoms with Crippen LogP contribution in [0.3, 0.4) is 0 Å². The minimum atomic E-state index is -1.73. The van der Waals surface area contributed by atoms with Gasteiger partial charge in [-0.1, -0.05) is 0 Å². The molecule has 4 nitrogen and oxygen atoms in total. The molecule has 0 spiro atoms. The Bertz CT molecular complexity index is 476. The number of ether oxygens (including phenoxy) is 1. The fourth-order valence-electron chi connectivity index (χ4n) is 1.16. The first-order valence-electron chi connectivity index (χ1n) is 4.32. The highest BCUT2D eigenvalue weighted by Crippen LogP contribution is 2.26. The Kier molecular flexibility index (Phi) is 4.01. The highest BCUT2D eigenvalue weighted by Gasteiger charge is 2.24. The number of carbonyl (C=O) groups is 2. The van der Waals surface area contributed by atoms with E-state index in [2.05, 4.69) is 4.74 Å². The van der Waals surface area contributed by atoms with Crippen LogP contribution in [0.2, 0.25) is 0 Å². The standard InChI is InChI=1S/C10H7ClF2O4/c1-17-10(16)5-3-6(12)4(2-7(5)13)8(11)9(14)15/h2-3,8H,1H3,(H,14,15). The van der Waals surface area contributed by atoms with E-state index in [1.807, 2.05) is 0 Å². The van der Waals surface area contributed by atoms with Crippen molar-refractivity contribution >= 4 is 23.5 Å². The first kappa shape index (κ1) is 13.4. The molecule has 0 aliphatic rings. The second-order valence-corrected chi connectivity index (χ2v) is 3.48. The van der Waals surface area contributed by atoms with Crippen LogP contribution in [0, 0.1) is 11.6 Å². The van der Waals surface area contributed by atoms with Crippen LogP contribution in [-0.4, -0.2) is 24.2 Å². The third kappa shape index (κ3) is 2.71. The molecule has 0 radical (unpaired) electrons. The maximum absolute atomic E-state index is 13.4. The number of methoxy groups -OCH3 is 1. The van der Waals surface area contributed by atoms with Crippen molar-refractivity contribution < 1.29 is 28.2 Å². The van der Waals surface area contributed by atoms with Crippen molar-refractivity contribution in [1.82, 2.24) is 0 Å². The Morgan fingerprint density at radius 1 is 1.35 bits per heavy atom. The summed E-state index contributed by atoms with van der Waals surface area (Å²) in [6, 6.07) is 1.11. The number of halogens is 3. The molecule has 1 unspecified atom stereocenters. The SMILES string of the molecule is COC(=O)c1cc(F)c(C(Cl)C(=O)O)cc1F. The van der Waals surface area contributed by atoms with E-state index >= 15 is 0 Å². The molecule has 1 aromatic carbocycles. The quantitative estimate of drug-likeness (QED) is 0.671. The van der Waals surface area contributed by atoms with Crippen LogP contribution in [0.15, 0.2) is 12.1 Å². The second-order valence-electron chi connectivity index (χ2n) is 3.05. The summed E-state index contributed by atoms with van der Waals surface area (Å²) in [5.41, 5.74) is -1.17. The van der Waals surface area contributed by atoms with Gasteiger partial charge in [0.2, 0.25) is 0 Å². The zero-order chi connectivity index (χ0) is 13.2. The normalized spacial score (nSPS) is 12.0. The third-order valence-corrected chi connectivity index (χ3v) is 2.40. The van der Waals surface area contributed by atoms with Crippen LogP contribution in [0.5, 0.6) is 0 Å². The molecule has 0 amide bonds. The Labute approximate surface area is 99.8 Å². The van der Waals surface area contributed by atoms with Crippen LogP contribution < -0.4 is 0 Å². The van der Waals surface area contributed by atoms with Crippen molar-refractivity contribution in [2.75, 3.05) is 7.11 Å². The smallest absolute Gasteiger partial charge is 0.340 e. The van der Waals surface area contributed by atoms with Gasteiger partial charge in [-0.25, -0.2) is 13.6 Å². The van der Waals surface area contributed by atoms with E-state index in [9.17, 15) is 18.4 Å². The van der Waals surface area contributed by atoms with Gasteiger partial charge in [0.15, 0.2) is 5.38 Å². The van der Waals surface area contributed by atoms with Gasteiger partial charge in [-0.15, -0.1) is 11.6 Å². The molecule has 0 saturated heterocycles. The van der Waals surface area contributed by atoms with Crippen LogP contribution in [-0.2, 0) is 9.53 Å². The lowest BCUT2D eigenvalue weighted by Gasteiger charge is -2.08. The zero-order valence-electron chi connectivity index (χ0n) is 8.54. The van der Waals surface area contributed by atoms with Crippen LogP contribution >= 0.6 is 11.6 Å². The van der Waals surface area contributed by atoms with Gasteiger partial charge in [0, 0.05) is 5.56 Å². The number of aliphatic carboxylic acids is 1. The minimum absolute atomic E-state index is 0.550. The lowest BCUT2D eigenvalue weighted by molar-refractivity contribution is -0.136. The highest BCUT2D eigenvalue weighted by molar-refractivity contribution is 6.29. The van der Waals surface area contributed by atoms with Gasteiger partial charge in [-0.2, -0.15) is 0 Å². The lowest BCUT2D eigenvalue weighted by atomic mass is 10.1. The lowest BCUT2D eigenvalue weighted by Crippen LogP contribution is -2.11. The molecule has 0 saturated carbocycles. The maximum atomic E-state index is 13.4. The minimum Gasteiger partial charge on any atom is -0.480 e. The summed E-state index contributed by atoms with van der Waals surface area (Å²) in [7, 11) is 1.01. The van der Waals surface area contributed by atoms with E-state index in [1.165, 1.54) is 0 Å². The first-order chi connectivity index (χ1) is 7.88. The van der Waals surface area contributed by atoms with Crippen molar-refractivity contribution in [3.8, 4) is 0 Å². The van der Waals surface area contributed by atoms with E-state index in [0.29, 0.717) is 12.1 Å². The molecule has 7 heteroatoms. The largest absolute Gasteiger partial charge is 0.480 e. The number of carboxylic acid groups (broad SMARTS) is 1. The molecule has 0 aliphatic carbocycles. The van der Waals surface area contributed by atoms with E-state index in [4.69, 9.17) is 16.7 Å². The Hall–Kier alpha value is -1.69. The van der Waals surface area contributed by atoms with E-state index < -0.39 is 40.1 Å². The Balaban J connectivity index is 3.27. The van der Waals surface area contributed by atoms with E-state index in [0.717, 1.165) is 7.11 Å². The summed E-state index contributed by atoms with van der Waals surface area (Å²) in [4.78, 5) is 21.5. The van der Waals surface area contributed by atoms with Crippen LogP contribution in [0.1, 0.15) is 21.3 Å². The summed E-state index contributed by atoms with van der Waals surface area (Å²) < 4.78 is 31.0. The van der Waals surface area contributed by atoms with Gasteiger partial charge in [-0.3, -0.25) is 4.79 Å². The number of carboxylic acids is 1. The molecular formula is C10H7ClF2O4. The molecule has 1 aromatic rings. The maximum Gasteiger partial charge on any atom is 0.340 e. The summed E-state index contributed by atoms with van der Waals surface area (Å²) in [5, 5.41) is 6.84. The van der Waals surface area contributed by atoms with Gasteiger partial charge in [0.1, 0.15) is 11.6 Å². The highest BCUT2D eigenvalue weighted by atomic mass is 35.5. The predicted molar refractivity (Wildman–Crippen MR) is 53.9 cm³/mol. The van der Waals surface area contributed by atoms with E-state index in [-0.39, 0.29) is 0 Å². The summed E-state index contributed by atoms with van der Waals surface area (Å²) in [6.07, 6.45) is 0. The third-order valence-electron chi connectivity index (χ3n) is 1.98. The van der Waals surface area contributed by atoms with Gasteiger partial charge in [0.25, 0.3) is 0 Å². The number of alkyl halides is 1. The van der Waals surface area contributed by atoms with Gasteiger partial charge >= 0.3 is 11.9 Å². The summed E-state index contributed by atoms with van der Waals surface area (Å²) >= 11 is 5.36. The summed E-state index contributed by atoms with van der Waals surface area (Å²) in [5.74, 6) is -4.76. The molecule has 1 atom stereocenters. The fraction of sp³-hybridized carbons (Fsp3) is 0.200. The van der Waals surface area contributed by atoms with Gasteiger partial charge < -0.3 is 9.84 Å². The number of benzene rings is 1. The average Bonchev–Trinajstić information content (AvgIpc) is 2.29. The molecule has 0 heterocycles. The molecule has 0 aromatic heterocycles. The number of hydrogen-bond donors (Lipinski definition) is 1. The van der Waals surface area contributed by atoms with E-state index in [1.54, 1.807) is 0 Å². The Morgan fingerprint density at radius 3 is 2.41 bits per heavy atom. The molecule has 0 fully saturated rings. The zero-order valence-corrected chi connectivity index (χ0v) is 9.29. The number of carbonyl (C=O) groups excluding carboxylic acids is 1. The topological polar surface area (TPSA) is 63.6 Å². The van der Waals surface area contributed by atoms with Crippen LogP contribution in [0.25, 0.3) is 0 Å². The van der Waals surface area contributed by atoms with Crippen molar-refractivity contribution in [3.05, 3.63) is 34.9 Å². The second kappa shape index (κ2) is 5.09. The van der Waals surface area contributed by atoms with Crippen molar-refractivity contribution in [2.24, 2.45) is 0 Å². The number of hydrogen-bond acceptors (Lipinski definition) is 3. The van der Waals surface area contributed by atoms with Gasteiger partial charge in [0.05, 0.1) is 12.7 Å². The van der Waals surface area contributed by atoms with Gasteiger partial charge in [-0.05, 0) is 12.1 Å². The van der Waals surface area contributed by atoms with Crippen molar-refractivity contribution in [2.45, 2.75) is 5.38 Å². The molecular weight excluding hydrogens is 258 g/mol. The molecule has 0 bridgehead atoms. The Morgan fingerprint density at radius 2 is 1.94 bits per heavy atom. The number of rotatable bonds is 3. The first-order valence-corrected chi connectivity index (χ1v) is 4.76. The average molecular weight is 265 g/mol. The molecule has 0 aliphatic heterocycles. The number of esters is 1. The molecule has 1 rings (SSSR count). The monoisotopic (exact) mass is 264 g/mol. The van der Waals surface area contributed by atoms with Crippen molar-refractivity contribution in [1.29, 1.82) is 0 Å². The van der Waals surface area contributed by atoms with Crippen LogP contribution in [0.4, 0.5) is 8.78 Å². The molecule has 1 N–H and O–H groups in total. The van der Waals surface area contributed by atoms with Crippen molar-refractivity contribution in [3.63, 3.8) is 0 Å².